The predicted octanol–water partition coefficient (Wildman–Crippen LogP) is 0.769. The van der Waals surface area contributed by atoms with Crippen LogP contribution in [0.4, 0.5) is 0 Å². The third-order valence-corrected chi connectivity index (χ3v) is 3.76. The first-order valence-electron chi connectivity index (χ1n) is 6.90. The van der Waals surface area contributed by atoms with Gasteiger partial charge in [-0.2, -0.15) is 0 Å². The van der Waals surface area contributed by atoms with E-state index in [1.165, 1.54) is 0 Å². The maximum atomic E-state index is 11.2. The molecule has 1 heterocycles. The zero-order valence-electron chi connectivity index (χ0n) is 12.0. The lowest BCUT2D eigenvalue weighted by atomic mass is 10.0. The Labute approximate surface area is 123 Å². The quantitative estimate of drug-likeness (QED) is 0.836. The number of benzene rings is 1. The van der Waals surface area contributed by atoms with Gasteiger partial charge in [0.1, 0.15) is 0 Å². The number of carbonyl (C=O) groups excluding carboxylic acids is 1. The number of nitrogens with two attached hydrogens (primary N) is 1. The Bertz CT molecular complexity index is 544. The van der Waals surface area contributed by atoms with Gasteiger partial charge in [0.15, 0.2) is 0 Å². The number of rotatable bonds is 5. The van der Waals surface area contributed by atoms with Gasteiger partial charge in [-0.3, -0.25) is 14.5 Å². The zero-order chi connectivity index (χ0) is 15.4. The van der Waals surface area contributed by atoms with Crippen LogP contribution in [0.25, 0.3) is 0 Å². The van der Waals surface area contributed by atoms with E-state index in [0.717, 1.165) is 11.1 Å². The summed E-state index contributed by atoms with van der Waals surface area (Å²) in [5, 5.41) is 8.97. The molecule has 1 unspecified atom stereocenters. The van der Waals surface area contributed by atoms with E-state index in [9.17, 15) is 9.59 Å². The Morgan fingerprint density at radius 3 is 2.86 bits per heavy atom. The van der Waals surface area contributed by atoms with Gasteiger partial charge in [0, 0.05) is 24.7 Å². The van der Waals surface area contributed by atoms with E-state index < -0.39 is 11.9 Å². The summed E-state index contributed by atoms with van der Waals surface area (Å²) < 4.78 is 5.37. The van der Waals surface area contributed by atoms with Crippen LogP contribution in [0.2, 0.25) is 0 Å². The minimum absolute atomic E-state index is 0.0679. The molecular weight excluding hydrogens is 272 g/mol. The molecule has 6 heteroatoms. The highest BCUT2D eigenvalue weighted by molar-refractivity contribution is 5.93. The first-order valence-corrected chi connectivity index (χ1v) is 6.90. The number of aryl methyl sites for hydroxylation is 1. The molecule has 1 saturated heterocycles. The minimum Gasteiger partial charge on any atom is -0.481 e. The smallest absolute Gasteiger partial charge is 0.305 e. The molecule has 6 nitrogen and oxygen atoms in total. The summed E-state index contributed by atoms with van der Waals surface area (Å²) in [5.74, 6) is -1.27. The maximum Gasteiger partial charge on any atom is 0.305 e. The molecule has 0 aromatic heterocycles. The van der Waals surface area contributed by atoms with Gasteiger partial charge in [0.05, 0.1) is 19.6 Å². The topological polar surface area (TPSA) is 92.9 Å². The molecule has 0 spiro atoms. The van der Waals surface area contributed by atoms with Crippen molar-refractivity contribution in [2.24, 2.45) is 5.73 Å². The van der Waals surface area contributed by atoms with Gasteiger partial charge in [-0.1, -0.05) is 6.07 Å². The summed E-state index contributed by atoms with van der Waals surface area (Å²) in [5.41, 5.74) is 7.79. The number of hydrogen-bond acceptors (Lipinski definition) is 4. The lowest BCUT2D eigenvalue weighted by Crippen LogP contribution is -2.46. The average molecular weight is 292 g/mol. The van der Waals surface area contributed by atoms with Crippen molar-refractivity contribution in [1.82, 2.24) is 4.90 Å². The lowest BCUT2D eigenvalue weighted by Gasteiger charge is -2.35. The number of nitrogens with zero attached hydrogens (tertiary/aromatic N) is 1. The number of aliphatic carboxylic acids is 1. The molecule has 0 bridgehead atoms. The highest BCUT2D eigenvalue weighted by Crippen LogP contribution is 2.18. The van der Waals surface area contributed by atoms with Crippen LogP contribution >= 0.6 is 0 Å². The molecule has 1 aromatic carbocycles. The number of morpholine rings is 1. The van der Waals surface area contributed by atoms with Crippen molar-refractivity contribution >= 4 is 11.9 Å². The van der Waals surface area contributed by atoms with E-state index in [1.807, 2.05) is 13.0 Å². The van der Waals surface area contributed by atoms with Crippen LogP contribution in [-0.2, 0) is 16.1 Å². The molecule has 0 radical (unpaired) electrons. The first kappa shape index (κ1) is 15.5. The van der Waals surface area contributed by atoms with Gasteiger partial charge in [-0.25, -0.2) is 0 Å². The molecule has 2 rings (SSSR count). The first-order chi connectivity index (χ1) is 9.97. The highest BCUT2D eigenvalue weighted by atomic mass is 16.5. The van der Waals surface area contributed by atoms with E-state index in [0.29, 0.717) is 31.9 Å². The van der Waals surface area contributed by atoms with Crippen LogP contribution in [0.1, 0.15) is 27.9 Å². The summed E-state index contributed by atoms with van der Waals surface area (Å²) >= 11 is 0. The number of carboxylic acids is 1. The Morgan fingerprint density at radius 2 is 2.24 bits per heavy atom. The van der Waals surface area contributed by atoms with Crippen molar-refractivity contribution in [2.75, 3.05) is 19.8 Å². The Hall–Kier alpha value is -1.92. The van der Waals surface area contributed by atoms with Crippen LogP contribution in [0, 0.1) is 6.92 Å². The third kappa shape index (κ3) is 4.03. The molecule has 1 atom stereocenters. The third-order valence-electron chi connectivity index (χ3n) is 3.76. The SMILES string of the molecule is Cc1cc(C(N)=O)ccc1CN1CCOCC1CC(=O)O. The highest BCUT2D eigenvalue weighted by Gasteiger charge is 2.25. The summed E-state index contributed by atoms with van der Waals surface area (Å²) in [6.07, 6.45) is 0.0679. The van der Waals surface area contributed by atoms with E-state index in [2.05, 4.69) is 4.90 Å². The largest absolute Gasteiger partial charge is 0.481 e. The monoisotopic (exact) mass is 292 g/mol. The van der Waals surface area contributed by atoms with Crippen molar-refractivity contribution < 1.29 is 19.4 Å². The standard InChI is InChI=1S/C15H20N2O4/c1-10-6-11(15(16)20)2-3-12(10)8-17-4-5-21-9-13(17)7-14(18)19/h2-3,6,13H,4-5,7-9H2,1H3,(H2,16,20)(H,18,19). The van der Waals surface area contributed by atoms with E-state index in [4.69, 9.17) is 15.6 Å². The Morgan fingerprint density at radius 1 is 1.48 bits per heavy atom. The fourth-order valence-corrected chi connectivity index (χ4v) is 2.53. The summed E-state index contributed by atoms with van der Waals surface area (Å²) in [6, 6.07) is 5.23. The maximum absolute atomic E-state index is 11.2. The van der Waals surface area contributed by atoms with Crippen LogP contribution < -0.4 is 5.73 Å². The molecule has 1 aromatic rings. The second kappa shape index (κ2) is 6.69. The van der Waals surface area contributed by atoms with Crippen LogP contribution in [-0.4, -0.2) is 47.7 Å². The lowest BCUT2D eigenvalue weighted by molar-refractivity contribution is -0.140. The summed E-state index contributed by atoms with van der Waals surface area (Å²) in [6.45, 7) is 4.31. The molecule has 1 amide bonds. The normalized spacial score (nSPS) is 19.4. The second-order valence-corrected chi connectivity index (χ2v) is 5.30. The summed E-state index contributed by atoms with van der Waals surface area (Å²) in [7, 11) is 0. The molecule has 0 saturated carbocycles. The predicted molar refractivity (Wildman–Crippen MR) is 77.0 cm³/mol. The molecule has 1 aliphatic rings. The van der Waals surface area contributed by atoms with Gasteiger partial charge in [-0.15, -0.1) is 0 Å². The van der Waals surface area contributed by atoms with Gasteiger partial charge in [-0.05, 0) is 30.2 Å². The van der Waals surface area contributed by atoms with Gasteiger partial charge in [0.25, 0.3) is 0 Å². The van der Waals surface area contributed by atoms with Crippen molar-refractivity contribution in [3.05, 3.63) is 34.9 Å². The van der Waals surface area contributed by atoms with Gasteiger partial charge >= 0.3 is 5.97 Å². The molecule has 21 heavy (non-hydrogen) atoms. The molecule has 0 aliphatic carbocycles. The number of hydrogen-bond donors (Lipinski definition) is 2. The molecular formula is C15H20N2O4. The molecule has 3 N–H and O–H groups in total. The summed E-state index contributed by atoms with van der Waals surface area (Å²) in [4.78, 5) is 24.2. The molecule has 1 aliphatic heterocycles. The Balaban J connectivity index is 2.11. The Kier molecular flexibility index (Phi) is 4.93. The fraction of sp³-hybridized carbons (Fsp3) is 0.467. The second-order valence-electron chi connectivity index (χ2n) is 5.30. The number of ether oxygens (including phenoxy) is 1. The fourth-order valence-electron chi connectivity index (χ4n) is 2.53. The minimum atomic E-state index is -0.823. The average Bonchev–Trinajstić information content (AvgIpc) is 2.42. The van der Waals surface area contributed by atoms with Crippen molar-refractivity contribution in [3.63, 3.8) is 0 Å². The number of amides is 1. The van der Waals surface area contributed by atoms with E-state index in [-0.39, 0.29) is 12.5 Å². The van der Waals surface area contributed by atoms with Crippen LogP contribution in [0.15, 0.2) is 18.2 Å². The van der Waals surface area contributed by atoms with Gasteiger partial charge < -0.3 is 15.6 Å². The van der Waals surface area contributed by atoms with Crippen molar-refractivity contribution in [3.8, 4) is 0 Å². The van der Waals surface area contributed by atoms with Crippen molar-refractivity contribution in [2.45, 2.75) is 25.9 Å². The zero-order valence-corrected chi connectivity index (χ0v) is 12.0. The van der Waals surface area contributed by atoms with E-state index in [1.54, 1.807) is 12.1 Å². The van der Waals surface area contributed by atoms with Gasteiger partial charge in [0.2, 0.25) is 5.91 Å². The molecule has 114 valence electrons. The van der Waals surface area contributed by atoms with E-state index >= 15 is 0 Å². The number of carbonyl (C=O) groups is 2. The number of primary amides is 1. The van der Waals surface area contributed by atoms with Crippen LogP contribution in [0.5, 0.6) is 0 Å². The number of carboxylic acid groups (broad SMARTS) is 1. The van der Waals surface area contributed by atoms with Crippen LogP contribution in [0.3, 0.4) is 0 Å². The molecule has 1 fully saturated rings. The van der Waals surface area contributed by atoms with Crippen molar-refractivity contribution in [1.29, 1.82) is 0 Å².